The summed E-state index contributed by atoms with van der Waals surface area (Å²) in [5.74, 6) is 0.110. The maximum absolute atomic E-state index is 12.7. The van der Waals surface area contributed by atoms with Crippen molar-refractivity contribution in [1.29, 1.82) is 0 Å². The number of hydrogen-bond donors (Lipinski definition) is 1. The molecule has 0 bridgehead atoms. The van der Waals surface area contributed by atoms with Crippen molar-refractivity contribution < 1.29 is 9.90 Å². The topological polar surface area (TPSA) is 53.4 Å². The van der Waals surface area contributed by atoms with Crippen LogP contribution in [0.2, 0.25) is 5.15 Å². The smallest absolute Gasteiger partial charge is 0.254 e. The number of aliphatic hydroxyl groups excluding tert-OH is 1. The summed E-state index contributed by atoms with van der Waals surface area (Å²) < 4.78 is 0. The number of carbonyl (C=O) groups excluding carboxylic acids is 1. The first-order valence-electron chi connectivity index (χ1n) is 7.53. The molecular weight excluding hydrogens is 288 g/mol. The van der Waals surface area contributed by atoms with Crippen LogP contribution in [0.4, 0.5) is 0 Å². The second-order valence-corrected chi connectivity index (χ2v) is 5.84. The maximum Gasteiger partial charge on any atom is 0.254 e. The molecule has 0 unspecified atom stereocenters. The van der Waals surface area contributed by atoms with Crippen LogP contribution in [0.3, 0.4) is 0 Å². The molecule has 0 saturated carbocycles. The molecule has 21 heavy (non-hydrogen) atoms. The van der Waals surface area contributed by atoms with E-state index in [1.54, 1.807) is 17.0 Å². The predicted octanol–water partition coefficient (Wildman–Crippen LogP) is 3.48. The van der Waals surface area contributed by atoms with Gasteiger partial charge in [-0.05, 0) is 30.9 Å². The Morgan fingerprint density at radius 1 is 1.33 bits per heavy atom. The van der Waals surface area contributed by atoms with Gasteiger partial charge in [-0.3, -0.25) is 4.79 Å². The number of aliphatic hydroxyl groups is 1. The Kier molecular flexibility index (Phi) is 7.12. The Labute approximate surface area is 132 Å². The highest BCUT2D eigenvalue weighted by Gasteiger charge is 2.23. The molecular formula is C16H25ClN2O2. The molecule has 1 N–H and O–H groups in total. The van der Waals surface area contributed by atoms with E-state index in [0.717, 1.165) is 18.5 Å². The molecule has 0 aromatic carbocycles. The van der Waals surface area contributed by atoms with Gasteiger partial charge in [0.05, 0.1) is 6.61 Å². The van der Waals surface area contributed by atoms with Gasteiger partial charge >= 0.3 is 0 Å². The molecule has 4 nitrogen and oxygen atoms in total. The van der Waals surface area contributed by atoms with Gasteiger partial charge in [0.1, 0.15) is 5.15 Å². The normalized spacial score (nSPS) is 11.2. The molecule has 0 saturated heterocycles. The predicted molar refractivity (Wildman–Crippen MR) is 85.8 cm³/mol. The number of halogens is 1. The molecule has 118 valence electrons. The summed E-state index contributed by atoms with van der Waals surface area (Å²) in [7, 11) is 0. The van der Waals surface area contributed by atoms with Crippen LogP contribution >= 0.6 is 11.6 Å². The molecule has 0 aliphatic carbocycles. The van der Waals surface area contributed by atoms with Gasteiger partial charge in [-0.2, -0.15) is 0 Å². The molecule has 0 atom stereocenters. The number of nitrogens with zero attached hydrogens (tertiary/aromatic N) is 2. The summed E-state index contributed by atoms with van der Waals surface area (Å²) in [6.07, 6.45) is 1.72. The first-order chi connectivity index (χ1) is 9.94. The van der Waals surface area contributed by atoms with E-state index >= 15 is 0 Å². The zero-order valence-corrected chi connectivity index (χ0v) is 14.0. The number of rotatable bonds is 7. The van der Waals surface area contributed by atoms with E-state index in [1.165, 1.54) is 0 Å². The third-order valence-electron chi connectivity index (χ3n) is 3.64. The highest BCUT2D eigenvalue weighted by molar-refractivity contribution is 6.29. The fraction of sp³-hybridized carbons (Fsp3) is 0.625. The van der Waals surface area contributed by atoms with Crippen molar-refractivity contribution in [3.63, 3.8) is 0 Å². The first-order valence-corrected chi connectivity index (χ1v) is 7.91. The van der Waals surface area contributed by atoms with Gasteiger partial charge in [0, 0.05) is 23.8 Å². The van der Waals surface area contributed by atoms with E-state index in [2.05, 4.69) is 4.98 Å². The molecule has 0 spiro atoms. The second kappa shape index (κ2) is 8.35. The van der Waals surface area contributed by atoms with Crippen LogP contribution < -0.4 is 0 Å². The minimum absolute atomic E-state index is 0.0436. The monoisotopic (exact) mass is 312 g/mol. The summed E-state index contributed by atoms with van der Waals surface area (Å²) in [5, 5.41) is 9.57. The molecule has 1 heterocycles. The van der Waals surface area contributed by atoms with Crippen LogP contribution in [0.5, 0.6) is 0 Å². The van der Waals surface area contributed by atoms with Gasteiger partial charge in [-0.1, -0.05) is 39.3 Å². The van der Waals surface area contributed by atoms with Crippen molar-refractivity contribution in [2.75, 3.05) is 13.2 Å². The van der Waals surface area contributed by atoms with Gasteiger partial charge in [0.15, 0.2) is 0 Å². The van der Waals surface area contributed by atoms with E-state index < -0.39 is 0 Å². The van der Waals surface area contributed by atoms with Gasteiger partial charge in [0.2, 0.25) is 0 Å². The van der Waals surface area contributed by atoms with Crippen LogP contribution in [0.1, 0.15) is 62.5 Å². The molecule has 0 aliphatic heterocycles. The molecule has 0 radical (unpaired) electrons. The lowest BCUT2D eigenvalue weighted by molar-refractivity contribution is 0.0622. The Hall–Kier alpha value is -1.13. The molecule has 1 rings (SSSR count). The summed E-state index contributed by atoms with van der Waals surface area (Å²) in [4.78, 5) is 18.7. The average molecular weight is 313 g/mol. The molecule has 1 aromatic heterocycles. The Bertz CT molecular complexity index is 473. The lowest BCUT2D eigenvalue weighted by Crippen LogP contribution is -2.41. The standard InChI is InChI=1S/C16H25ClN2O2/c1-5-13(6-2)19(7-8-20)16(21)12-9-14(11(3)4)18-15(17)10-12/h9-11,13,20H,5-8H2,1-4H3. The molecule has 0 fully saturated rings. The fourth-order valence-corrected chi connectivity index (χ4v) is 2.60. The van der Waals surface area contributed by atoms with Gasteiger partial charge in [-0.15, -0.1) is 0 Å². The van der Waals surface area contributed by atoms with Crippen molar-refractivity contribution in [2.24, 2.45) is 0 Å². The molecule has 1 amide bonds. The number of amides is 1. The van der Waals surface area contributed by atoms with Crippen LogP contribution in [0.25, 0.3) is 0 Å². The third-order valence-corrected chi connectivity index (χ3v) is 3.83. The van der Waals surface area contributed by atoms with E-state index in [4.69, 9.17) is 11.6 Å². The van der Waals surface area contributed by atoms with Crippen molar-refractivity contribution >= 4 is 17.5 Å². The molecule has 1 aromatic rings. The van der Waals surface area contributed by atoms with Gasteiger partial charge in [0.25, 0.3) is 5.91 Å². The lowest BCUT2D eigenvalue weighted by atomic mass is 10.0. The number of carbonyl (C=O) groups is 1. The van der Waals surface area contributed by atoms with Crippen LogP contribution in [-0.4, -0.2) is 40.1 Å². The van der Waals surface area contributed by atoms with Crippen molar-refractivity contribution in [2.45, 2.75) is 52.5 Å². The minimum Gasteiger partial charge on any atom is -0.395 e. The van der Waals surface area contributed by atoms with Crippen molar-refractivity contribution in [1.82, 2.24) is 9.88 Å². The van der Waals surface area contributed by atoms with Crippen LogP contribution in [0, 0.1) is 0 Å². The summed E-state index contributed by atoms with van der Waals surface area (Å²) in [6, 6.07) is 3.52. The third kappa shape index (κ3) is 4.68. The number of pyridine rings is 1. The number of hydrogen-bond acceptors (Lipinski definition) is 3. The highest BCUT2D eigenvalue weighted by Crippen LogP contribution is 2.20. The second-order valence-electron chi connectivity index (χ2n) is 5.45. The summed E-state index contributed by atoms with van der Waals surface area (Å²) in [6.45, 7) is 8.41. The Balaban J connectivity index is 3.14. The number of aromatic nitrogens is 1. The zero-order chi connectivity index (χ0) is 16.0. The highest BCUT2D eigenvalue weighted by atomic mass is 35.5. The SMILES string of the molecule is CCC(CC)N(CCO)C(=O)c1cc(Cl)nc(C(C)C)c1. The molecule has 0 aliphatic rings. The Morgan fingerprint density at radius 2 is 1.95 bits per heavy atom. The van der Waals surface area contributed by atoms with E-state index in [9.17, 15) is 9.90 Å². The van der Waals surface area contributed by atoms with Gasteiger partial charge < -0.3 is 10.0 Å². The van der Waals surface area contributed by atoms with Crippen molar-refractivity contribution in [3.05, 3.63) is 28.5 Å². The molecule has 5 heteroatoms. The largest absolute Gasteiger partial charge is 0.395 e. The maximum atomic E-state index is 12.7. The van der Waals surface area contributed by atoms with Crippen LogP contribution in [0.15, 0.2) is 12.1 Å². The quantitative estimate of drug-likeness (QED) is 0.784. The first kappa shape index (κ1) is 17.9. The van der Waals surface area contributed by atoms with E-state index in [0.29, 0.717) is 17.3 Å². The van der Waals surface area contributed by atoms with Crippen LogP contribution in [-0.2, 0) is 0 Å². The van der Waals surface area contributed by atoms with Crippen molar-refractivity contribution in [3.8, 4) is 0 Å². The summed E-state index contributed by atoms with van der Waals surface area (Å²) in [5.41, 5.74) is 1.35. The minimum atomic E-state index is -0.0936. The average Bonchev–Trinajstić information content (AvgIpc) is 2.46. The lowest BCUT2D eigenvalue weighted by Gasteiger charge is -2.30. The summed E-state index contributed by atoms with van der Waals surface area (Å²) >= 11 is 6.04. The Morgan fingerprint density at radius 3 is 2.43 bits per heavy atom. The van der Waals surface area contributed by atoms with Gasteiger partial charge in [-0.25, -0.2) is 4.98 Å². The van der Waals surface area contributed by atoms with E-state index in [1.807, 2.05) is 27.7 Å². The zero-order valence-electron chi connectivity index (χ0n) is 13.3. The fourth-order valence-electron chi connectivity index (χ4n) is 2.39. The van der Waals surface area contributed by atoms with E-state index in [-0.39, 0.29) is 24.5 Å².